The zero-order valence-corrected chi connectivity index (χ0v) is 8.92. The summed E-state index contributed by atoms with van der Waals surface area (Å²) in [6, 6.07) is 0. The number of carbonyl (C=O) groups excluding carboxylic acids is 1. The number of rotatable bonds is 3. The highest BCUT2D eigenvalue weighted by molar-refractivity contribution is 5.99. The van der Waals surface area contributed by atoms with Gasteiger partial charge in [-0.25, -0.2) is 0 Å². The van der Waals surface area contributed by atoms with Crippen LogP contribution >= 0.6 is 0 Å². The van der Waals surface area contributed by atoms with Crippen LogP contribution in [0.1, 0.15) is 19.3 Å². The second-order valence-electron chi connectivity index (χ2n) is 3.94. The highest BCUT2D eigenvalue weighted by Gasteiger charge is 2.30. The molecule has 0 aromatic heterocycles. The number of likely N-dealkylation sites (N-methyl/N-ethyl adjacent to an activating group) is 1. The van der Waals surface area contributed by atoms with Crippen LogP contribution in [0.4, 0.5) is 0 Å². The standard InChI is InChI=1S/C11H16N2O2/c1-13(6-7-14)10-8-4-2-3-5-9(8)12-11(10)15/h5,14H,2-4,6-7H2,1H3,(H,12,15). The number of hydrogen-bond acceptors (Lipinski definition) is 3. The largest absolute Gasteiger partial charge is 0.395 e. The summed E-state index contributed by atoms with van der Waals surface area (Å²) in [6.07, 6.45) is 5.17. The molecule has 15 heavy (non-hydrogen) atoms. The number of allylic oxidation sites excluding steroid dienone is 2. The van der Waals surface area contributed by atoms with Gasteiger partial charge < -0.3 is 15.3 Å². The summed E-state index contributed by atoms with van der Waals surface area (Å²) in [5.41, 5.74) is 2.82. The third-order valence-corrected chi connectivity index (χ3v) is 2.87. The van der Waals surface area contributed by atoms with Gasteiger partial charge in [-0.1, -0.05) is 6.08 Å². The Bertz CT molecular complexity index is 344. The molecule has 1 amide bonds. The van der Waals surface area contributed by atoms with Gasteiger partial charge in [0.1, 0.15) is 5.70 Å². The van der Waals surface area contributed by atoms with E-state index in [4.69, 9.17) is 5.11 Å². The lowest BCUT2D eigenvalue weighted by Crippen LogP contribution is -2.28. The maximum atomic E-state index is 11.7. The van der Waals surface area contributed by atoms with Crippen molar-refractivity contribution in [1.82, 2.24) is 10.2 Å². The monoisotopic (exact) mass is 208 g/mol. The second kappa shape index (κ2) is 4.06. The van der Waals surface area contributed by atoms with Crippen LogP contribution in [-0.4, -0.2) is 36.1 Å². The van der Waals surface area contributed by atoms with Crippen LogP contribution in [0.2, 0.25) is 0 Å². The molecule has 0 radical (unpaired) electrons. The zero-order valence-electron chi connectivity index (χ0n) is 8.92. The van der Waals surface area contributed by atoms with Crippen LogP contribution in [0.25, 0.3) is 0 Å². The Morgan fingerprint density at radius 1 is 1.60 bits per heavy atom. The van der Waals surface area contributed by atoms with E-state index < -0.39 is 0 Å². The van der Waals surface area contributed by atoms with E-state index in [-0.39, 0.29) is 12.5 Å². The Hall–Kier alpha value is -1.29. The summed E-state index contributed by atoms with van der Waals surface area (Å²) in [6.45, 7) is 0.569. The average Bonchev–Trinajstić information content (AvgIpc) is 2.54. The van der Waals surface area contributed by atoms with E-state index in [0.29, 0.717) is 6.54 Å². The molecule has 0 fully saturated rings. The number of fused-ring (bicyclic) bond motifs is 1. The van der Waals surface area contributed by atoms with Gasteiger partial charge in [0.15, 0.2) is 0 Å². The first-order chi connectivity index (χ1) is 7.24. The number of hydrogen-bond donors (Lipinski definition) is 2. The van der Waals surface area contributed by atoms with Gasteiger partial charge in [-0.05, 0) is 19.3 Å². The fourth-order valence-corrected chi connectivity index (χ4v) is 2.14. The summed E-state index contributed by atoms with van der Waals surface area (Å²) in [4.78, 5) is 13.6. The van der Waals surface area contributed by atoms with E-state index in [9.17, 15) is 4.79 Å². The third-order valence-electron chi connectivity index (χ3n) is 2.87. The van der Waals surface area contributed by atoms with Crippen molar-refractivity contribution in [2.75, 3.05) is 20.2 Å². The van der Waals surface area contributed by atoms with Crippen molar-refractivity contribution < 1.29 is 9.90 Å². The molecule has 1 aliphatic carbocycles. The Kier molecular flexibility index (Phi) is 2.77. The first kappa shape index (κ1) is 10.2. The first-order valence-electron chi connectivity index (χ1n) is 5.31. The fraction of sp³-hybridized carbons (Fsp3) is 0.545. The predicted molar refractivity (Wildman–Crippen MR) is 56.8 cm³/mol. The Morgan fingerprint density at radius 2 is 2.40 bits per heavy atom. The van der Waals surface area contributed by atoms with Gasteiger partial charge in [0.2, 0.25) is 0 Å². The molecule has 1 aliphatic heterocycles. The molecule has 0 spiro atoms. The Morgan fingerprint density at radius 3 is 3.13 bits per heavy atom. The van der Waals surface area contributed by atoms with Crippen LogP contribution < -0.4 is 5.32 Å². The fourth-order valence-electron chi connectivity index (χ4n) is 2.14. The first-order valence-corrected chi connectivity index (χ1v) is 5.31. The van der Waals surface area contributed by atoms with Crippen LogP contribution in [0.5, 0.6) is 0 Å². The molecule has 2 N–H and O–H groups in total. The lowest BCUT2D eigenvalue weighted by atomic mass is 9.99. The van der Waals surface area contributed by atoms with E-state index in [1.165, 1.54) is 0 Å². The topological polar surface area (TPSA) is 52.6 Å². The molecule has 4 nitrogen and oxygen atoms in total. The molecule has 2 aliphatic rings. The van der Waals surface area contributed by atoms with Gasteiger partial charge >= 0.3 is 0 Å². The molecule has 1 heterocycles. The maximum absolute atomic E-state index is 11.7. The number of aliphatic hydroxyl groups is 1. The van der Waals surface area contributed by atoms with Gasteiger partial charge in [0.25, 0.3) is 5.91 Å². The molecule has 0 unspecified atom stereocenters. The van der Waals surface area contributed by atoms with Gasteiger partial charge in [-0.2, -0.15) is 0 Å². The minimum atomic E-state index is -0.0332. The van der Waals surface area contributed by atoms with Crippen molar-refractivity contribution in [3.8, 4) is 0 Å². The summed E-state index contributed by atoms with van der Waals surface area (Å²) < 4.78 is 0. The molecule has 82 valence electrons. The highest BCUT2D eigenvalue weighted by atomic mass is 16.3. The lowest BCUT2D eigenvalue weighted by molar-refractivity contribution is -0.117. The molecule has 4 heteroatoms. The van der Waals surface area contributed by atoms with E-state index in [2.05, 4.69) is 11.4 Å². The molecular formula is C11H16N2O2. The van der Waals surface area contributed by atoms with Gasteiger partial charge in [-0.3, -0.25) is 4.79 Å². The van der Waals surface area contributed by atoms with Gasteiger partial charge in [0.05, 0.1) is 6.61 Å². The van der Waals surface area contributed by atoms with E-state index in [0.717, 1.165) is 36.2 Å². The van der Waals surface area contributed by atoms with Crippen LogP contribution in [-0.2, 0) is 4.79 Å². The number of carbonyl (C=O) groups is 1. The van der Waals surface area contributed by atoms with Gasteiger partial charge in [-0.15, -0.1) is 0 Å². The minimum Gasteiger partial charge on any atom is -0.395 e. The highest BCUT2D eigenvalue weighted by Crippen LogP contribution is 2.31. The summed E-state index contributed by atoms with van der Waals surface area (Å²) in [5, 5.41) is 11.7. The summed E-state index contributed by atoms with van der Waals surface area (Å²) in [5.74, 6) is -0.0332. The van der Waals surface area contributed by atoms with Crippen molar-refractivity contribution in [3.63, 3.8) is 0 Å². The number of nitrogens with zero attached hydrogens (tertiary/aromatic N) is 1. The smallest absolute Gasteiger partial charge is 0.272 e. The van der Waals surface area contributed by atoms with Crippen molar-refractivity contribution >= 4 is 5.91 Å². The van der Waals surface area contributed by atoms with Crippen LogP contribution in [0, 0.1) is 0 Å². The SMILES string of the molecule is CN(CCO)C1=C2CCCC=C2NC1=O. The molecule has 0 aromatic carbocycles. The normalized spacial score (nSPS) is 19.9. The Labute approximate surface area is 89.3 Å². The number of amides is 1. The quantitative estimate of drug-likeness (QED) is 0.704. The van der Waals surface area contributed by atoms with Crippen molar-refractivity contribution in [2.24, 2.45) is 0 Å². The molecule has 0 saturated carbocycles. The number of aliphatic hydroxyl groups excluding tert-OH is 1. The van der Waals surface area contributed by atoms with E-state index >= 15 is 0 Å². The predicted octanol–water partition coefficient (Wildman–Crippen LogP) is 0.362. The minimum absolute atomic E-state index is 0.0332. The van der Waals surface area contributed by atoms with E-state index in [1.54, 1.807) is 0 Å². The van der Waals surface area contributed by atoms with Crippen molar-refractivity contribution in [1.29, 1.82) is 0 Å². The molecular weight excluding hydrogens is 192 g/mol. The molecule has 0 bridgehead atoms. The summed E-state index contributed by atoms with van der Waals surface area (Å²) in [7, 11) is 1.84. The lowest BCUT2D eigenvalue weighted by Gasteiger charge is -2.19. The van der Waals surface area contributed by atoms with Crippen molar-refractivity contribution in [2.45, 2.75) is 19.3 Å². The van der Waals surface area contributed by atoms with E-state index in [1.807, 2.05) is 11.9 Å². The number of nitrogens with one attached hydrogen (secondary N) is 1. The third kappa shape index (κ3) is 1.77. The molecule has 0 aromatic rings. The molecule has 2 rings (SSSR count). The summed E-state index contributed by atoms with van der Waals surface area (Å²) >= 11 is 0. The Balaban J connectivity index is 2.30. The second-order valence-corrected chi connectivity index (χ2v) is 3.94. The average molecular weight is 208 g/mol. The molecule has 0 saturated heterocycles. The molecule has 0 atom stereocenters. The van der Waals surface area contributed by atoms with Gasteiger partial charge in [0, 0.05) is 24.9 Å². The van der Waals surface area contributed by atoms with Crippen molar-refractivity contribution in [3.05, 3.63) is 23.0 Å². The maximum Gasteiger partial charge on any atom is 0.272 e. The zero-order chi connectivity index (χ0) is 10.8. The van der Waals surface area contributed by atoms with Crippen LogP contribution in [0.3, 0.4) is 0 Å². The van der Waals surface area contributed by atoms with Crippen LogP contribution in [0.15, 0.2) is 23.0 Å².